The predicted molar refractivity (Wildman–Crippen MR) is 134 cm³/mol. The zero-order valence-electron chi connectivity index (χ0n) is 22.7. The fourth-order valence-electron chi connectivity index (χ4n) is 9.43. The summed E-state index contributed by atoms with van der Waals surface area (Å²) in [4.78, 5) is 26.0. The molecule has 13 atom stereocenters. The zero-order valence-corrected chi connectivity index (χ0v) is 22.7. The van der Waals surface area contributed by atoms with E-state index in [-0.39, 0.29) is 24.0 Å². The smallest absolute Gasteiger partial charge is 0.309 e. The average Bonchev–Trinajstić information content (AvgIpc) is 3.09. The Morgan fingerprint density at radius 2 is 1.76 bits per heavy atom. The van der Waals surface area contributed by atoms with Gasteiger partial charge in [0.25, 0.3) is 0 Å². The third kappa shape index (κ3) is 3.65. The van der Waals surface area contributed by atoms with Gasteiger partial charge >= 0.3 is 5.97 Å². The van der Waals surface area contributed by atoms with E-state index in [2.05, 4.69) is 0 Å². The van der Waals surface area contributed by atoms with Gasteiger partial charge in [0, 0.05) is 17.3 Å². The first kappa shape index (κ1) is 27.3. The fraction of sp³-hybridized carbons (Fsp3) is 0.862. The Morgan fingerprint density at radius 1 is 1.08 bits per heavy atom. The van der Waals surface area contributed by atoms with E-state index < -0.39 is 70.2 Å². The minimum Gasteiger partial charge on any atom is -0.459 e. The van der Waals surface area contributed by atoms with E-state index in [0.717, 1.165) is 0 Å². The molecule has 208 valence electrons. The third-order valence-corrected chi connectivity index (χ3v) is 11.9. The molecular weight excluding hydrogens is 476 g/mol. The molecule has 0 aromatic heterocycles. The van der Waals surface area contributed by atoms with E-state index in [4.69, 9.17) is 4.74 Å². The molecule has 1 saturated heterocycles. The van der Waals surface area contributed by atoms with Gasteiger partial charge in [-0.3, -0.25) is 9.59 Å². The molecule has 0 unspecified atom stereocenters. The number of rotatable bonds is 3. The highest BCUT2D eigenvalue weighted by molar-refractivity contribution is 5.95. The van der Waals surface area contributed by atoms with Crippen molar-refractivity contribution in [3.05, 3.63) is 11.6 Å². The molecule has 0 aromatic rings. The Balaban J connectivity index is 1.48. The van der Waals surface area contributed by atoms with Crippen LogP contribution in [0.2, 0.25) is 0 Å². The summed E-state index contributed by atoms with van der Waals surface area (Å²) in [5.74, 6) is -2.22. The van der Waals surface area contributed by atoms with Crippen LogP contribution in [0.1, 0.15) is 79.6 Å². The quantitative estimate of drug-likeness (QED) is 0.355. The number of hydrogen-bond acceptors (Lipinski definition) is 8. The molecule has 4 fully saturated rings. The molecule has 3 saturated carbocycles. The van der Waals surface area contributed by atoms with Gasteiger partial charge in [-0.1, -0.05) is 20.8 Å². The first-order valence-electron chi connectivity index (χ1n) is 14.0. The Labute approximate surface area is 219 Å². The summed E-state index contributed by atoms with van der Waals surface area (Å²) < 4.78 is 5.74. The number of esters is 1. The number of carbonyl (C=O) groups is 2. The number of hydrogen-bond donors (Lipinski definition) is 5. The first-order valence-corrected chi connectivity index (χ1v) is 14.0. The Bertz CT molecular complexity index is 1000. The standard InChI is InChI=1S/C29H44O8/c1-14-16(15(2)30)10-24(37-25(14)34)28(5,35)23-7-9-29(36)18-11-20(31)19-12-21(32)22(33)13-26(19,3)17(18)6-8-27(23,29)4/h11,14-17,19,21-24,30,32-33,35-36H,6-10,12-13H2,1-5H3/t14-,15+,16-,17-,19-,21+,22-,23-,24+,26+,27+,28+,29+/m0/s1. The summed E-state index contributed by atoms with van der Waals surface area (Å²) in [6, 6.07) is 0. The number of allylic oxidation sites excluding steroid dienone is 1. The van der Waals surface area contributed by atoms with Crippen molar-refractivity contribution in [2.24, 2.45) is 40.4 Å². The van der Waals surface area contributed by atoms with Gasteiger partial charge in [0.2, 0.25) is 0 Å². The van der Waals surface area contributed by atoms with Crippen LogP contribution in [-0.4, -0.2) is 72.9 Å². The van der Waals surface area contributed by atoms with Crippen molar-refractivity contribution in [1.29, 1.82) is 0 Å². The summed E-state index contributed by atoms with van der Waals surface area (Å²) in [6.45, 7) is 9.07. The van der Waals surface area contributed by atoms with Gasteiger partial charge in [0.1, 0.15) is 11.7 Å². The summed E-state index contributed by atoms with van der Waals surface area (Å²) in [6.07, 6.45) is 1.29. The molecular formula is C29H44O8. The number of cyclic esters (lactones) is 1. The van der Waals surface area contributed by atoms with Crippen molar-refractivity contribution in [3.63, 3.8) is 0 Å². The van der Waals surface area contributed by atoms with Crippen LogP contribution in [0.5, 0.6) is 0 Å². The molecule has 4 aliphatic carbocycles. The molecule has 5 aliphatic rings. The van der Waals surface area contributed by atoms with Gasteiger partial charge in [0.05, 0.1) is 29.8 Å². The number of aliphatic hydroxyl groups is 5. The number of ketones is 1. The molecule has 5 rings (SSSR count). The monoisotopic (exact) mass is 520 g/mol. The van der Waals surface area contributed by atoms with Crippen molar-refractivity contribution in [1.82, 2.24) is 0 Å². The highest BCUT2D eigenvalue weighted by Crippen LogP contribution is 2.68. The van der Waals surface area contributed by atoms with Crippen LogP contribution in [0, 0.1) is 40.4 Å². The largest absolute Gasteiger partial charge is 0.459 e. The van der Waals surface area contributed by atoms with Crippen LogP contribution >= 0.6 is 0 Å². The summed E-state index contributed by atoms with van der Waals surface area (Å²) in [5, 5.41) is 55.5. The van der Waals surface area contributed by atoms with Gasteiger partial charge in [-0.2, -0.15) is 0 Å². The topological polar surface area (TPSA) is 145 Å². The maximum atomic E-state index is 13.4. The average molecular weight is 521 g/mol. The van der Waals surface area contributed by atoms with Crippen LogP contribution in [0.3, 0.4) is 0 Å². The lowest BCUT2D eigenvalue weighted by atomic mass is 9.45. The molecule has 8 nitrogen and oxygen atoms in total. The first-order chi connectivity index (χ1) is 17.1. The highest BCUT2D eigenvalue weighted by Gasteiger charge is 2.69. The van der Waals surface area contributed by atoms with Crippen LogP contribution < -0.4 is 0 Å². The Kier molecular flexibility index (Phi) is 6.33. The summed E-state index contributed by atoms with van der Waals surface area (Å²) >= 11 is 0. The van der Waals surface area contributed by atoms with Crippen molar-refractivity contribution in [2.75, 3.05) is 0 Å². The number of fused-ring (bicyclic) bond motifs is 5. The minimum absolute atomic E-state index is 0.105. The van der Waals surface area contributed by atoms with Crippen molar-refractivity contribution < 1.29 is 39.9 Å². The van der Waals surface area contributed by atoms with E-state index >= 15 is 0 Å². The number of ether oxygens (including phenoxy) is 1. The van der Waals surface area contributed by atoms with Gasteiger partial charge < -0.3 is 30.3 Å². The Hall–Kier alpha value is -1.32. The van der Waals surface area contributed by atoms with Gasteiger partial charge in [0.15, 0.2) is 5.78 Å². The maximum absolute atomic E-state index is 13.4. The van der Waals surface area contributed by atoms with Crippen molar-refractivity contribution in [3.8, 4) is 0 Å². The van der Waals surface area contributed by atoms with Crippen LogP contribution in [-0.2, 0) is 14.3 Å². The molecule has 5 N–H and O–H groups in total. The highest BCUT2D eigenvalue weighted by atomic mass is 16.6. The van der Waals surface area contributed by atoms with Gasteiger partial charge in [-0.15, -0.1) is 0 Å². The lowest BCUT2D eigenvalue weighted by Crippen LogP contribution is -2.63. The molecule has 1 aliphatic heterocycles. The maximum Gasteiger partial charge on any atom is 0.309 e. The number of carbonyl (C=O) groups excluding carboxylic acids is 2. The van der Waals surface area contributed by atoms with Gasteiger partial charge in [-0.05, 0) is 87.7 Å². The minimum atomic E-state index is -1.44. The normalized spacial score (nSPS) is 52.2. The van der Waals surface area contributed by atoms with E-state index in [0.29, 0.717) is 44.1 Å². The molecule has 0 bridgehead atoms. The van der Waals surface area contributed by atoms with E-state index in [9.17, 15) is 35.1 Å². The molecule has 8 heteroatoms. The van der Waals surface area contributed by atoms with Crippen LogP contribution in [0.4, 0.5) is 0 Å². The molecule has 0 amide bonds. The molecule has 1 heterocycles. The van der Waals surface area contributed by atoms with Gasteiger partial charge in [-0.25, -0.2) is 0 Å². The second-order valence-corrected chi connectivity index (χ2v) is 13.7. The van der Waals surface area contributed by atoms with Crippen LogP contribution in [0.25, 0.3) is 0 Å². The summed E-state index contributed by atoms with van der Waals surface area (Å²) in [7, 11) is 0. The molecule has 0 aromatic carbocycles. The Morgan fingerprint density at radius 3 is 2.41 bits per heavy atom. The second-order valence-electron chi connectivity index (χ2n) is 13.7. The van der Waals surface area contributed by atoms with Crippen molar-refractivity contribution in [2.45, 2.75) is 115 Å². The second kappa shape index (κ2) is 8.59. The predicted octanol–water partition coefficient (Wildman–Crippen LogP) is 1.89. The van der Waals surface area contributed by atoms with Crippen molar-refractivity contribution >= 4 is 11.8 Å². The molecule has 0 spiro atoms. The SMILES string of the molecule is C[C@@H]1C(=O)O[C@@H]([C@](C)(O)[C@H]2CC[C@@]3(O)C4=CC(=O)[C@@H]5C[C@@H](O)[C@@H](O)C[C@]5(C)[C@H]4CC[C@]23C)C[C@@H]1[C@@H](C)O. The zero-order chi connectivity index (χ0) is 27.3. The lowest BCUT2D eigenvalue weighted by molar-refractivity contribution is -0.210. The third-order valence-electron chi connectivity index (χ3n) is 11.9. The number of aliphatic hydroxyl groups excluding tert-OH is 3. The summed E-state index contributed by atoms with van der Waals surface area (Å²) in [5.41, 5.74) is -3.37. The van der Waals surface area contributed by atoms with E-state index in [1.807, 2.05) is 13.8 Å². The van der Waals surface area contributed by atoms with E-state index in [1.54, 1.807) is 26.8 Å². The fourth-order valence-corrected chi connectivity index (χ4v) is 9.43. The molecule has 0 radical (unpaired) electrons. The lowest BCUT2D eigenvalue weighted by Gasteiger charge is -2.61. The van der Waals surface area contributed by atoms with E-state index in [1.165, 1.54) is 0 Å². The van der Waals surface area contributed by atoms with Crippen LogP contribution in [0.15, 0.2) is 11.6 Å². The molecule has 37 heavy (non-hydrogen) atoms.